The van der Waals surface area contributed by atoms with Gasteiger partial charge in [-0.3, -0.25) is 4.79 Å². The molecule has 0 spiro atoms. The van der Waals surface area contributed by atoms with Gasteiger partial charge in [-0.25, -0.2) is 0 Å². The van der Waals surface area contributed by atoms with Crippen molar-refractivity contribution in [2.75, 3.05) is 26.4 Å². The van der Waals surface area contributed by atoms with Crippen molar-refractivity contribution in [1.82, 2.24) is 10.5 Å². The summed E-state index contributed by atoms with van der Waals surface area (Å²) in [6.45, 7) is 1.37. The van der Waals surface area contributed by atoms with Crippen molar-refractivity contribution in [2.24, 2.45) is 0 Å². The Morgan fingerprint density at radius 2 is 2.47 bits per heavy atom. The zero-order valence-electron chi connectivity index (χ0n) is 8.31. The SMILES string of the molecule is O=C(NCCCOCCO)c1ccon1. The van der Waals surface area contributed by atoms with Gasteiger partial charge in [-0.2, -0.15) is 0 Å². The van der Waals surface area contributed by atoms with E-state index in [1.54, 1.807) is 0 Å². The van der Waals surface area contributed by atoms with Gasteiger partial charge in [-0.05, 0) is 6.42 Å². The zero-order valence-corrected chi connectivity index (χ0v) is 8.31. The first-order chi connectivity index (χ1) is 7.34. The summed E-state index contributed by atoms with van der Waals surface area (Å²) in [6.07, 6.45) is 2.04. The molecule has 0 aliphatic heterocycles. The predicted molar refractivity (Wildman–Crippen MR) is 51.4 cm³/mol. The zero-order chi connectivity index (χ0) is 10.9. The first-order valence-corrected chi connectivity index (χ1v) is 4.72. The summed E-state index contributed by atoms with van der Waals surface area (Å²) in [4.78, 5) is 11.3. The molecular weight excluding hydrogens is 200 g/mol. The lowest BCUT2D eigenvalue weighted by Crippen LogP contribution is -2.25. The molecular formula is C9H14N2O4. The molecule has 1 amide bonds. The van der Waals surface area contributed by atoms with Gasteiger partial charge in [0.05, 0.1) is 13.2 Å². The highest BCUT2D eigenvalue weighted by Crippen LogP contribution is 1.93. The number of aliphatic hydroxyl groups excluding tert-OH is 1. The summed E-state index contributed by atoms with van der Waals surface area (Å²) in [7, 11) is 0. The van der Waals surface area contributed by atoms with Crippen LogP contribution < -0.4 is 5.32 Å². The van der Waals surface area contributed by atoms with Crippen molar-refractivity contribution in [3.63, 3.8) is 0 Å². The highest BCUT2D eigenvalue weighted by molar-refractivity contribution is 5.91. The van der Waals surface area contributed by atoms with Crippen molar-refractivity contribution >= 4 is 5.91 Å². The fourth-order valence-corrected chi connectivity index (χ4v) is 0.963. The average molecular weight is 214 g/mol. The van der Waals surface area contributed by atoms with E-state index < -0.39 is 0 Å². The molecule has 1 rings (SSSR count). The van der Waals surface area contributed by atoms with Crippen LogP contribution in [0.25, 0.3) is 0 Å². The Balaban J connectivity index is 2.03. The molecule has 1 aromatic rings. The van der Waals surface area contributed by atoms with E-state index in [2.05, 4.69) is 15.0 Å². The monoisotopic (exact) mass is 214 g/mol. The molecule has 0 aromatic carbocycles. The number of aliphatic hydroxyl groups is 1. The predicted octanol–water partition coefficient (Wildman–Crippen LogP) is -0.197. The van der Waals surface area contributed by atoms with Crippen molar-refractivity contribution in [2.45, 2.75) is 6.42 Å². The minimum absolute atomic E-state index is 0.0191. The first-order valence-electron chi connectivity index (χ1n) is 4.72. The minimum atomic E-state index is -0.258. The van der Waals surface area contributed by atoms with Gasteiger partial charge in [-0.15, -0.1) is 0 Å². The van der Waals surface area contributed by atoms with Gasteiger partial charge >= 0.3 is 0 Å². The molecule has 15 heavy (non-hydrogen) atoms. The molecule has 1 aromatic heterocycles. The molecule has 6 heteroatoms. The summed E-state index contributed by atoms with van der Waals surface area (Å²) < 4.78 is 9.55. The van der Waals surface area contributed by atoms with Crippen LogP contribution >= 0.6 is 0 Å². The van der Waals surface area contributed by atoms with Gasteiger partial charge in [0.2, 0.25) is 0 Å². The van der Waals surface area contributed by atoms with Crippen LogP contribution in [-0.2, 0) is 4.74 Å². The van der Waals surface area contributed by atoms with Crippen LogP contribution in [0.2, 0.25) is 0 Å². The fraction of sp³-hybridized carbons (Fsp3) is 0.556. The Bertz CT molecular complexity index is 274. The minimum Gasteiger partial charge on any atom is -0.394 e. The molecule has 0 unspecified atom stereocenters. The summed E-state index contributed by atoms with van der Waals surface area (Å²) in [5, 5.41) is 14.6. The molecule has 0 saturated heterocycles. The van der Waals surface area contributed by atoms with Crippen molar-refractivity contribution < 1.29 is 19.2 Å². The Kier molecular flexibility index (Phi) is 5.42. The number of hydrogen-bond donors (Lipinski definition) is 2. The second-order valence-corrected chi connectivity index (χ2v) is 2.83. The summed E-state index contributed by atoms with van der Waals surface area (Å²) in [5.41, 5.74) is 0.270. The molecule has 0 aliphatic carbocycles. The Morgan fingerprint density at radius 3 is 3.13 bits per heavy atom. The van der Waals surface area contributed by atoms with Gasteiger partial charge in [0, 0.05) is 19.2 Å². The third-order valence-electron chi connectivity index (χ3n) is 1.66. The quantitative estimate of drug-likeness (QED) is 0.614. The maximum absolute atomic E-state index is 11.3. The summed E-state index contributed by atoms with van der Waals surface area (Å²) in [6, 6.07) is 1.50. The van der Waals surface area contributed by atoms with Gasteiger partial charge in [0.1, 0.15) is 6.26 Å². The van der Waals surface area contributed by atoms with Gasteiger partial charge in [-0.1, -0.05) is 5.16 Å². The average Bonchev–Trinajstić information content (AvgIpc) is 2.76. The fourth-order valence-electron chi connectivity index (χ4n) is 0.963. The van der Waals surface area contributed by atoms with Crippen LogP contribution in [0.5, 0.6) is 0 Å². The first kappa shape index (κ1) is 11.7. The third kappa shape index (κ3) is 4.57. The van der Waals surface area contributed by atoms with Crippen LogP contribution in [0, 0.1) is 0 Å². The second-order valence-electron chi connectivity index (χ2n) is 2.83. The smallest absolute Gasteiger partial charge is 0.273 e. The van der Waals surface area contributed by atoms with E-state index in [1.807, 2.05) is 0 Å². The Morgan fingerprint density at radius 1 is 1.60 bits per heavy atom. The molecule has 0 fully saturated rings. The molecule has 6 nitrogen and oxygen atoms in total. The molecule has 84 valence electrons. The number of aromatic nitrogens is 1. The van der Waals surface area contributed by atoms with Crippen LogP contribution in [0.1, 0.15) is 16.9 Å². The molecule has 0 atom stereocenters. The molecule has 0 radical (unpaired) electrons. The van der Waals surface area contributed by atoms with Gasteiger partial charge in [0.15, 0.2) is 5.69 Å². The molecule has 0 aliphatic rings. The number of carbonyl (C=O) groups is 1. The summed E-state index contributed by atoms with van der Waals surface area (Å²) in [5.74, 6) is -0.258. The number of hydrogen-bond acceptors (Lipinski definition) is 5. The Labute approximate surface area is 87.2 Å². The van der Waals surface area contributed by atoms with Crippen LogP contribution in [0.3, 0.4) is 0 Å². The number of amides is 1. The van der Waals surface area contributed by atoms with E-state index in [4.69, 9.17) is 9.84 Å². The van der Waals surface area contributed by atoms with Crippen molar-refractivity contribution in [3.8, 4) is 0 Å². The maximum atomic E-state index is 11.3. The lowest BCUT2D eigenvalue weighted by molar-refractivity contribution is 0.0864. The second kappa shape index (κ2) is 6.97. The number of carbonyl (C=O) groups excluding carboxylic acids is 1. The van der Waals surface area contributed by atoms with E-state index in [0.29, 0.717) is 26.2 Å². The van der Waals surface area contributed by atoms with E-state index in [9.17, 15) is 4.79 Å². The molecule has 2 N–H and O–H groups in total. The van der Waals surface area contributed by atoms with Crippen LogP contribution in [-0.4, -0.2) is 42.5 Å². The van der Waals surface area contributed by atoms with Crippen LogP contribution in [0.4, 0.5) is 0 Å². The lowest BCUT2D eigenvalue weighted by atomic mass is 10.4. The maximum Gasteiger partial charge on any atom is 0.273 e. The highest BCUT2D eigenvalue weighted by atomic mass is 16.5. The lowest BCUT2D eigenvalue weighted by Gasteiger charge is -2.03. The van der Waals surface area contributed by atoms with Gasteiger partial charge < -0.3 is 19.7 Å². The summed E-state index contributed by atoms with van der Waals surface area (Å²) >= 11 is 0. The van der Waals surface area contributed by atoms with E-state index in [-0.39, 0.29) is 18.2 Å². The largest absolute Gasteiger partial charge is 0.394 e. The number of nitrogens with one attached hydrogen (secondary N) is 1. The highest BCUT2D eigenvalue weighted by Gasteiger charge is 2.06. The van der Waals surface area contributed by atoms with Crippen molar-refractivity contribution in [3.05, 3.63) is 18.0 Å². The third-order valence-corrected chi connectivity index (χ3v) is 1.66. The molecule has 0 bridgehead atoms. The van der Waals surface area contributed by atoms with E-state index >= 15 is 0 Å². The standard InChI is InChI=1S/C9H14N2O4/c12-4-7-14-5-1-3-10-9(13)8-2-6-15-11-8/h2,6,12H,1,3-5,7H2,(H,10,13). The number of ether oxygens (including phenoxy) is 1. The van der Waals surface area contributed by atoms with Crippen molar-refractivity contribution in [1.29, 1.82) is 0 Å². The van der Waals surface area contributed by atoms with Crippen LogP contribution in [0.15, 0.2) is 16.9 Å². The topological polar surface area (TPSA) is 84.6 Å². The Hall–Kier alpha value is -1.40. The molecule has 0 saturated carbocycles. The van der Waals surface area contributed by atoms with Gasteiger partial charge in [0.25, 0.3) is 5.91 Å². The van der Waals surface area contributed by atoms with E-state index in [1.165, 1.54) is 12.3 Å². The number of rotatable bonds is 7. The normalized spacial score (nSPS) is 10.2. The van der Waals surface area contributed by atoms with E-state index in [0.717, 1.165) is 0 Å². The number of nitrogens with zero attached hydrogens (tertiary/aromatic N) is 1. The molecule has 1 heterocycles.